The lowest BCUT2D eigenvalue weighted by atomic mass is 10.4. The Kier molecular flexibility index (Phi) is 4.88. The Morgan fingerprint density at radius 3 is 2.80 bits per heavy atom. The maximum absolute atomic E-state index is 10.1. The van der Waals surface area contributed by atoms with Crippen LogP contribution in [-0.2, 0) is 9.53 Å². The van der Waals surface area contributed by atoms with E-state index in [1.165, 1.54) is 6.92 Å². The highest BCUT2D eigenvalue weighted by Crippen LogP contribution is 1.90. The molecule has 0 fully saturated rings. The monoisotopic (exact) mass is 147 g/mol. The third kappa shape index (κ3) is 4.29. The summed E-state index contributed by atoms with van der Waals surface area (Å²) in [5.41, 5.74) is 5.16. The molecule has 0 radical (unpaired) electrons. The van der Waals surface area contributed by atoms with Gasteiger partial charge in [0.15, 0.2) is 6.10 Å². The Labute approximate surface area is 60.0 Å². The number of aliphatic carboxylic acids is 1. The summed E-state index contributed by atoms with van der Waals surface area (Å²) in [6.07, 6.45) is -0.0102. The zero-order valence-corrected chi connectivity index (χ0v) is 6.04. The van der Waals surface area contributed by atoms with Crippen molar-refractivity contribution >= 4 is 5.97 Å². The molecule has 0 aromatic rings. The lowest BCUT2D eigenvalue weighted by Gasteiger charge is -2.06. The molecule has 0 unspecified atom stereocenters. The molecule has 0 bridgehead atoms. The van der Waals surface area contributed by atoms with Crippen LogP contribution >= 0.6 is 0 Å². The molecule has 4 nitrogen and oxygen atoms in total. The Morgan fingerprint density at radius 2 is 2.40 bits per heavy atom. The van der Waals surface area contributed by atoms with Gasteiger partial charge in [0.05, 0.1) is 0 Å². The molecule has 0 rings (SSSR count). The topological polar surface area (TPSA) is 72.5 Å². The second-order valence-electron chi connectivity index (χ2n) is 1.99. The first-order valence-corrected chi connectivity index (χ1v) is 3.23. The fraction of sp³-hybridized carbons (Fsp3) is 0.833. The summed E-state index contributed by atoms with van der Waals surface area (Å²) in [4.78, 5) is 10.1. The maximum Gasteiger partial charge on any atom is 0.332 e. The van der Waals surface area contributed by atoms with Crippen LogP contribution < -0.4 is 5.73 Å². The van der Waals surface area contributed by atoms with Gasteiger partial charge in [0.1, 0.15) is 0 Å². The highest BCUT2D eigenvalue weighted by molar-refractivity contribution is 5.71. The predicted octanol–water partition coefficient (Wildman–Crippen LogP) is -0.175. The van der Waals surface area contributed by atoms with Crippen LogP contribution in [0.3, 0.4) is 0 Å². The number of carboxylic acid groups (broad SMARTS) is 1. The average Bonchev–Trinajstić information content (AvgIpc) is 1.88. The smallest absolute Gasteiger partial charge is 0.332 e. The van der Waals surface area contributed by atoms with Crippen LogP contribution in [0, 0.1) is 0 Å². The number of carboxylic acids is 1. The largest absolute Gasteiger partial charge is 0.479 e. The van der Waals surface area contributed by atoms with Crippen molar-refractivity contribution in [3.05, 3.63) is 0 Å². The molecule has 0 saturated heterocycles. The SMILES string of the molecule is C[C@H](OCCCN)C(=O)O. The van der Waals surface area contributed by atoms with E-state index in [2.05, 4.69) is 0 Å². The van der Waals surface area contributed by atoms with E-state index in [-0.39, 0.29) is 0 Å². The average molecular weight is 147 g/mol. The van der Waals surface area contributed by atoms with Crippen molar-refractivity contribution in [3.8, 4) is 0 Å². The molecule has 0 heterocycles. The predicted molar refractivity (Wildman–Crippen MR) is 36.7 cm³/mol. The van der Waals surface area contributed by atoms with E-state index in [4.69, 9.17) is 15.6 Å². The minimum absolute atomic E-state index is 0.421. The molecule has 0 aliphatic heterocycles. The van der Waals surface area contributed by atoms with E-state index in [9.17, 15) is 4.79 Å². The molecule has 0 amide bonds. The molecule has 60 valence electrons. The van der Waals surface area contributed by atoms with Crippen molar-refractivity contribution in [2.24, 2.45) is 5.73 Å². The molecular formula is C6H13NO3. The summed E-state index contributed by atoms with van der Waals surface area (Å²) < 4.78 is 4.86. The second-order valence-corrected chi connectivity index (χ2v) is 1.99. The highest BCUT2D eigenvalue weighted by Gasteiger charge is 2.09. The number of ether oxygens (including phenoxy) is 1. The first-order chi connectivity index (χ1) is 4.68. The van der Waals surface area contributed by atoms with Crippen molar-refractivity contribution in [2.75, 3.05) is 13.2 Å². The van der Waals surface area contributed by atoms with Gasteiger partial charge >= 0.3 is 5.97 Å². The molecule has 4 heteroatoms. The molecule has 0 aliphatic carbocycles. The summed E-state index contributed by atoms with van der Waals surface area (Å²) in [6.45, 7) is 2.45. The summed E-state index contributed by atoms with van der Waals surface area (Å²) >= 11 is 0. The molecule has 0 aromatic heterocycles. The fourth-order valence-electron chi connectivity index (χ4n) is 0.415. The van der Waals surface area contributed by atoms with Gasteiger partial charge in [-0.05, 0) is 19.9 Å². The van der Waals surface area contributed by atoms with Crippen molar-refractivity contribution < 1.29 is 14.6 Å². The molecule has 3 N–H and O–H groups in total. The second kappa shape index (κ2) is 5.20. The maximum atomic E-state index is 10.1. The minimum atomic E-state index is -0.933. The van der Waals surface area contributed by atoms with Gasteiger partial charge in [-0.1, -0.05) is 0 Å². The standard InChI is InChI=1S/C6H13NO3/c1-5(6(8)9)10-4-2-3-7/h5H,2-4,7H2,1H3,(H,8,9)/t5-/m0/s1. The zero-order chi connectivity index (χ0) is 7.98. The third-order valence-electron chi connectivity index (χ3n) is 1.06. The Bertz CT molecular complexity index is 105. The van der Waals surface area contributed by atoms with Gasteiger partial charge in [0.25, 0.3) is 0 Å². The summed E-state index contributed by atoms with van der Waals surface area (Å²) in [7, 11) is 0. The summed E-state index contributed by atoms with van der Waals surface area (Å²) in [5, 5.41) is 8.33. The minimum Gasteiger partial charge on any atom is -0.479 e. The van der Waals surface area contributed by atoms with Crippen LogP contribution in [0.15, 0.2) is 0 Å². The zero-order valence-electron chi connectivity index (χ0n) is 6.04. The van der Waals surface area contributed by atoms with E-state index < -0.39 is 12.1 Å². The van der Waals surface area contributed by atoms with Gasteiger partial charge in [0.2, 0.25) is 0 Å². The van der Waals surface area contributed by atoms with Crippen molar-refractivity contribution in [1.82, 2.24) is 0 Å². The Hall–Kier alpha value is -0.610. The lowest BCUT2D eigenvalue weighted by Crippen LogP contribution is -2.21. The van der Waals surface area contributed by atoms with E-state index in [0.29, 0.717) is 19.6 Å². The molecule has 1 atom stereocenters. The van der Waals surface area contributed by atoms with Crippen molar-refractivity contribution in [3.63, 3.8) is 0 Å². The van der Waals surface area contributed by atoms with Gasteiger partial charge in [-0.15, -0.1) is 0 Å². The first-order valence-electron chi connectivity index (χ1n) is 3.23. The van der Waals surface area contributed by atoms with Crippen molar-refractivity contribution in [1.29, 1.82) is 0 Å². The molecule has 0 aliphatic rings. The number of hydrogen-bond donors (Lipinski definition) is 2. The molecular weight excluding hydrogens is 134 g/mol. The first kappa shape index (κ1) is 9.39. The molecule has 0 aromatic carbocycles. The summed E-state index contributed by atoms with van der Waals surface area (Å²) in [6, 6.07) is 0. The van der Waals surface area contributed by atoms with Gasteiger partial charge in [-0.2, -0.15) is 0 Å². The highest BCUT2D eigenvalue weighted by atomic mass is 16.5. The van der Waals surface area contributed by atoms with E-state index in [0.717, 1.165) is 0 Å². The normalized spacial score (nSPS) is 13.0. The summed E-state index contributed by atoms with van der Waals surface area (Å²) in [5.74, 6) is -0.933. The number of hydrogen-bond acceptors (Lipinski definition) is 3. The van der Waals surface area contributed by atoms with Crippen LogP contribution in [0.5, 0.6) is 0 Å². The van der Waals surface area contributed by atoms with E-state index in [1.54, 1.807) is 0 Å². The van der Waals surface area contributed by atoms with Gasteiger partial charge < -0.3 is 15.6 Å². The molecule has 0 saturated carbocycles. The van der Waals surface area contributed by atoms with Crippen LogP contribution in [0.4, 0.5) is 0 Å². The van der Waals surface area contributed by atoms with E-state index >= 15 is 0 Å². The number of carbonyl (C=O) groups is 1. The van der Waals surface area contributed by atoms with Gasteiger partial charge in [-0.3, -0.25) is 0 Å². The Morgan fingerprint density at radius 1 is 1.80 bits per heavy atom. The van der Waals surface area contributed by atoms with Gasteiger partial charge in [-0.25, -0.2) is 4.79 Å². The van der Waals surface area contributed by atoms with Crippen molar-refractivity contribution in [2.45, 2.75) is 19.4 Å². The Balaban J connectivity index is 3.21. The number of nitrogens with two attached hydrogens (primary N) is 1. The van der Waals surface area contributed by atoms with Crippen LogP contribution in [0.2, 0.25) is 0 Å². The van der Waals surface area contributed by atoms with Crippen LogP contribution in [-0.4, -0.2) is 30.3 Å². The van der Waals surface area contributed by atoms with E-state index in [1.807, 2.05) is 0 Å². The lowest BCUT2D eigenvalue weighted by molar-refractivity contribution is -0.149. The third-order valence-corrected chi connectivity index (χ3v) is 1.06. The molecule has 0 spiro atoms. The van der Waals surface area contributed by atoms with Crippen LogP contribution in [0.25, 0.3) is 0 Å². The fourth-order valence-corrected chi connectivity index (χ4v) is 0.415. The number of rotatable bonds is 5. The van der Waals surface area contributed by atoms with Crippen LogP contribution in [0.1, 0.15) is 13.3 Å². The molecule has 10 heavy (non-hydrogen) atoms. The quantitative estimate of drug-likeness (QED) is 0.529. The van der Waals surface area contributed by atoms with Gasteiger partial charge in [0, 0.05) is 6.61 Å².